The Kier molecular flexibility index (Phi) is 7.16. The Morgan fingerprint density at radius 3 is 2.86 bits per heavy atom. The summed E-state index contributed by atoms with van der Waals surface area (Å²) >= 11 is 3.46. The fourth-order valence-electron chi connectivity index (χ4n) is 4.50. The second-order valence-electron chi connectivity index (χ2n) is 8.93. The maximum atomic E-state index is 14.4. The molecule has 5 rings (SSSR count). The molecule has 1 atom stereocenters. The molecular formula is C27H26BrFN6O. The lowest BCUT2D eigenvalue weighted by Crippen LogP contribution is -2.31. The van der Waals surface area contributed by atoms with E-state index < -0.39 is 0 Å². The highest BCUT2D eigenvalue weighted by molar-refractivity contribution is 9.10. The van der Waals surface area contributed by atoms with E-state index in [0.717, 1.165) is 18.5 Å². The van der Waals surface area contributed by atoms with Crippen molar-refractivity contribution in [2.45, 2.75) is 31.8 Å². The van der Waals surface area contributed by atoms with E-state index in [1.165, 1.54) is 18.9 Å². The molecule has 0 bridgehead atoms. The average molecular weight is 549 g/mol. The number of carbonyl (C=O) groups excluding carboxylic acids is 1. The van der Waals surface area contributed by atoms with Gasteiger partial charge in [-0.15, -0.1) is 0 Å². The predicted octanol–water partition coefficient (Wildman–Crippen LogP) is 4.72. The van der Waals surface area contributed by atoms with E-state index in [9.17, 15) is 9.18 Å². The van der Waals surface area contributed by atoms with Gasteiger partial charge in [0.05, 0.1) is 21.9 Å². The van der Waals surface area contributed by atoms with Crippen LogP contribution in [0.2, 0.25) is 0 Å². The molecule has 0 radical (unpaired) electrons. The van der Waals surface area contributed by atoms with Crippen molar-refractivity contribution in [3.63, 3.8) is 0 Å². The number of aromatic nitrogens is 3. The zero-order chi connectivity index (χ0) is 25.1. The molecule has 2 aromatic heterocycles. The van der Waals surface area contributed by atoms with Crippen molar-refractivity contribution in [2.24, 2.45) is 0 Å². The standard InChI is InChI=1S/C27H26BrFN6O/c1-34-14-4-5-20(34)12-13-30-27(36)19-10-8-18(9-11-19)16-31-25-15-24(21-6-2-3-7-23(21)29)33-26-22(28)17-32-35(25)26/h2-3,6-8,10,15,17,20,31H,4-5,12-14,16H2,1H3,(H,30,36). The van der Waals surface area contributed by atoms with Gasteiger partial charge in [0.1, 0.15) is 11.6 Å². The van der Waals surface area contributed by atoms with Gasteiger partial charge >= 0.3 is 0 Å². The first-order valence-electron chi connectivity index (χ1n) is 11.9. The Bertz CT molecular complexity index is 1370. The summed E-state index contributed by atoms with van der Waals surface area (Å²) in [7, 11) is 2.14. The van der Waals surface area contributed by atoms with Crippen molar-refractivity contribution in [1.82, 2.24) is 24.8 Å². The van der Waals surface area contributed by atoms with Crippen LogP contribution in [0.1, 0.15) is 35.2 Å². The number of anilines is 1. The summed E-state index contributed by atoms with van der Waals surface area (Å²) in [6.07, 6.45) is 5.01. The molecule has 9 heteroatoms. The lowest BCUT2D eigenvalue weighted by molar-refractivity contribution is 0.0950. The van der Waals surface area contributed by atoms with Crippen molar-refractivity contribution >= 4 is 33.3 Å². The first-order chi connectivity index (χ1) is 17.5. The predicted molar refractivity (Wildman–Crippen MR) is 140 cm³/mol. The van der Waals surface area contributed by atoms with Crippen LogP contribution in [0.25, 0.3) is 16.9 Å². The van der Waals surface area contributed by atoms with Crippen LogP contribution in [-0.2, 0) is 6.54 Å². The highest BCUT2D eigenvalue weighted by atomic mass is 79.9. The van der Waals surface area contributed by atoms with Crippen LogP contribution >= 0.6 is 15.9 Å². The van der Waals surface area contributed by atoms with Gasteiger partial charge in [-0.2, -0.15) is 9.61 Å². The van der Waals surface area contributed by atoms with Crippen molar-refractivity contribution in [3.8, 4) is 11.3 Å². The third-order valence-electron chi connectivity index (χ3n) is 6.53. The Morgan fingerprint density at radius 2 is 2.11 bits per heavy atom. The Morgan fingerprint density at radius 1 is 1.25 bits per heavy atom. The number of amides is 1. The summed E-state index contributed by atoms with van der Waals surface area (Å²) in [5.41, 5.74) is 2.76. The molecule has 1 aliphatic heterocycles. The minimum atomic E-state index is -0.344. The second kappa shape index (κ2) is 10.6. The van der Waals surface area contributed by atoms with Crippen LogP contribution in [0.3, 0.4) is 0 Å². The number of fused-ring (bicyclic) bond motifs is 1. The molecule has 4 aromatic rings. The first kappa shape index (κ1) is 24.2. The molecule has 1 aliphatic rings. The molecule has 7 nitrogen and oxygen atoms in total. The average Bonchev–Trinajstić information content (AvgIpc) is 3.48. The number of likely N-dealkylation sites (tertiary alicyclic amines) is 1. The van der Waals surface area contributed by atoms with Crippen molar-refractivity contribution in [1.29, 1.82) is 0 Å². The van der Waals surface area contributed by atoms with Gasteiger partial charge in [0.15, 0.2) is 5.65 Å². The summed E-state index contributed by atoms with van der Waals surface area (Å²) in [4.78, 5) is 19.4. The molecule has 0 aliphatic carbocycles. The van der Waals surface area contributed by atoms with Crippen LogP contribution in [0, 0.1) is 17.9 Å². The Balaban J connectivity index is 1.25. The van der Waals surface area contributed by atoms with Crippen LogP contribution in [0.5, 0.6) is 0 Å². The quantitative estimate of drug-likeness (QED) is 0.333. The second-order valence-corrected chi connectivity index (χ2v) is 9.79. The monoisotopic (exact) mass is 548 g/mol. The van der Waals surface area contributed by atoms with Gasteiger partial charge < -0.3 is 15.5 Å². The molecule has 3 heterocycles. The Hall–Kier alpha value is -3.48. The summed E-state index contributed by atoms with van der Waals surface area (Å²) in [5.74, 6) is 0.164. The van der Waals surface area contributed by atoms with Crippen LogP contribution in [0.4, 0.5) is 10.2 Å². The molecule has 1 amide bonds. The molecule has 2 N–H and O–H groups in total. The topological polar surface area (TPSA) is 74.6 Å². The number of hydrogen-bond acceptors (Lipinski definition) is 5. The van der Waals surface area contributed by atoms with Crippen LogP contribution in [0.15, 0.2) is 53.1 Å². The SMILES string of the molecule is CN1CCCC1CCNC(=O)c1c#cc(CNc2cc(-c3ccccc3F)nc3c(Br)cnn23)cc1. The number of nitrogens with one attached hydrogen (secondary N) is 2. The number of hydrogen-bond donors (Lipinski definition) is 2. The molecule has 2 aromatic carbocycles. The van der Waals surface area contributed by atoms with E-state index in [2.05, 4.69) is 60.7 Å². The van der Waals surface area contributed by atoms with Crippen LogP contribution < -0.4 is 10.6 Å². The summed E-state index contributed by atoms with van der Waals surface area (Å²) < 4.78 is 16.8. The summed E-state index contributed by atoms with van der Waals surface area (Å²) in [5, 5.41) is 10.7. The minimum Gasteiger partial charge on any atom is -0.365 e. The fraction of sp³-hybridized carbons (Fsp3) is 0.296. The lowest BCUT2D eigenvalue weighted by Gasteiger charge is -2.19. The van der Waals surface area contributed by atoms with Crippen molar-refractivity contribution in [3.05, 3.63) is 82.2 Å². The number of carbonyl (C=O) groups is 1. The number of rotatable bonds is 8. The van der Waals surface area contributed by atoms with Gasteiger partial charge in [-0.25, -0.2) is 9.37 Å². The third kappa shape index (κ3) is 5.20. The summed E-state index contributed by atoms with van der Waals surface area (Å²) in [6.45, 7) is 2.19. The third-order valence-corrected chi connectivity index (χ3v) is 7.09. The van der Waals surface area contributed by atoms with E-state index in [1.54, 1.807) is 41.0 Å². The summed E-state index contributed by atoms with van der Waals surface area (Å²) in [6, 6.07) is 18.5. The normalized spacial score (nSPS) is 15.7. The lowest BCUT2D eigenvalue weighted by atomic mass is 10.1. The van der Waals surface area contributed by atoms with E-state index >= 15 is 0 Å². The molecule has 0 saturated carbocycles. The maximum absolute atomic E-state index is 14.4. The maximum Gasteiger partial charge on any atom is 0.259 e. The number of halogens is 2. The van der Waals surface area contributed by atoms with Crippen LogP contribution in [-0.4, -0.2) is 51.6 Å². The van der Waals surface area contributed by atoms with Crippen molar-refractivity contribution in [2.75, 3.05) is 25.5 Å². The molecule has 1 unspecified atom stereocenters. The van der Waals surface area contributed by atoms with E-state index in [4.69, 9.17) is 0 Å². The van der Waals surface area contributed by atoms with Gasteiger partial charge in [0.25, 0.3) is 5.91 Å². The fourth-order valence-corrected chi connectivity index (χ4v) is 4.84. The Labute approximate surface area is 217 Å². The molecule has 1 fully saturated rings. The number of benzene rings is 1. The van der Waals surface area contributed by atoms with Gasteiger partial charge in [0, 0.05) is 36.3 Å². The van der Waals surface area contributed by atoms with E-state index in [0.29, 0.717) is 51.9 Å². The van der Waals surface area contributed by atoms with Gasteiger partial charge in [-0.05, 0) is 73.1 Å². The smallest absolute Gasteiger partial charge is 0.259 e. The van der Waals surface area contributed by atoms with E-state index in [-0.39, 0.29) is 11.7 Å². The van der Waals surface area contributed by atoms with Gasteiger partial charge in [-0.3, -0.25) is 4.79 Å². The zero-order valence-corrected chi connectivity index (χ0v) is 21.5. The first-order valence-corrected chi connectivity index (χ1v) is 12.7. The highest BCUT2D eigenvalue weighted by Gasteiger charge is 2.20. The van der Waals surface area contributed by atoms with Gasteiger partial charge in [0.2, 0.25) is 0 Å². The zero-order valence-electron chi connectivity index (χ0n) is 19.9. The molecule has 0 spiro atoms. The number of nitrogens with zero attached hydrogens (tertiary/aromatic N) is 4. The molecule has 1 saturated heterocycles. The largest absolute Gasteiger partial charge is 0.365 e. The highest BCUT2D eigenvalue weighted by Crippen LogP contribution is 2.27. The van der Waals surface area contributed by atoms with E-state index in [1.807, 2.05) is 6.07 Å². The molecular weight excluding hydrogens is 523 g/mol. The van der Waals surface area contributed by atoms with Crippen molar-refractivity contribution < 1.29 is 9.18 Å². The van der Waals surface area contributed by atoms with Gasteiger partial charge in [-0.1, -0.05) is 24.3 Å². The molecule has 184 valence electrons. The minimum absolute atomic E-state index is 0.141. The molecule has 36 heavy (non-hydrogen) atoms.